The van der Waals surface area contributed by atoms with Crippen LogP contribution in [0.2, 0.25) is 0 Å². The normalized spacial score (nSPS) is 14.7. The Morgan fingerprint density at radius 2 is 2.22 bits per heavy atom. The maximum absolute atomic E-state index is 12.7. The van der Waals surface area contributed by atoms with Gasteiger partial charge in [-0.25, -0.2) is 0 Å². The van der Waals surface area contributed by atoms with E-state index >= 15 is 0 Å². The van der Waals surface area contributed by atoms with Gasteiger partial charge >= 0.3 is 0 Å². The van der Waals surface area contributed by atoms with E-state index in [0.717, 1.165) is 23.6 Å². The summed E-state index contributed by atoms with van der Waals surface area (Å²) in [6.07, 6.45) is 5.09. The van der Waals surface area contributed by atoms with Crippen molar-refractivity contribution in [2.24, 2.45) is 0 Å². The summed E-state index contributed by atoms with van der Waals surface area (Å²) < 4.78 is 7.00. The average molecular weight is 331 g/mol. The number of ether oxygens (including phenoxy) is 1. The topological polar surface area (TPSA) is 57.0 Å². The predicted octanol–water partition coefficient (Wildman–Crippen LogP) is 2.78. The third-order valence-electron chi connectivity index (χ3n) is 4.15. The van der Waals surface area contributed by atoms with Crippen molar-refractivity contribution in [1.82, 2.24) is 14.8 Å². The van der Waals surface area contributed by atoms with Crippen molar-refractivity contribution >= 4 is 17.5 Å². The summed E-state index contributed by atoms with van der Waals surface area (Å²) in [5, 5.41) is 8.60. The van der Waals surface area contributed by atoms with Crippen LogP contribution in [0.3, 0.4) is 0 Å². The second kappa shape index (κ2) is 7.27. The second-order valence-electron chi connectivity index (χ2n) is 5.76. The number of carbonyl (C=O) groups is 1. The number of thioether (sulfide) groups is 1. The second-order valence-corrected chi connectivity index (χ2v) is 7.07. The molecule has 1 heterocycles. The van der Waals surface area contributed by atoms with Crippen LogP contribution in [-0.4, -0.2) is 39.5 Å². The van der Waals surface area contributed by atoms with Crippen LogP contribution in [0.15, 0.2) is 29.7 Å². The largest absolute Gasteiger partial charge is 0.383 e. The molecule has 2 aromatic rings. The molecule has 0 radical (unpaired) electrons. The van der Waals surface area contributed by atoms with Gasteiger partial charge in [-0.1, -0.05) is 23.9 Å². The molecular formula is C17H21N3O2S. The molecule has 3 rings (SSSR count). The maximum atomic E-state index is 12.7. The van der Waals surface area contributed by atoms with Crippen LogP contribution in [0, 0.1) is 0 Å². The summed E-state index contributed by atoms with van der Waals surface area (Å²) in [5.74, 6) is 0.144. The average Bonchev–Trinajstić information content (AvgIpc) is 3.20. The molecule has 0 saturated carbocycles. The predicted molar refractivity (Wildman–Crippen MR) is 90.0 cm³/mol. The number of hydrogen-bond donors (Lipinski definition) is 0. The fourth-order valence-corrected chi connectivity index (χ4v) is 3.78. The fourth-order valence-electron chi connectivity index (χ4n) is 2.85. The van der Waals surface area contributed by atoms with Crippen molar-refractivity contribution in [1.29, 1.82) is 0 Å². The number of aryl methyl sites for hydroxylation is 2. The van der Waals surface area contributed by atoms with Gasteiger partial charge in [-0.15, -0.1) is 10.2 Å². The lowest BCUT2D eigenvalue weighted by molar-refractivity contribution is 0.0993. The molecule has 0 N–H and O–H groups in total. The Hall–Kier alpha value is -1.66. The standard InChI is InChI=1S/C17H21N3O2S/c1-12(23-17-19-18-11-20(17)8-9-22-2)16(21)15-7-6-13-4-3-5-14(13)10-15/h6-7,10-12H,3-5,8-9H2,1-2H3/t12-/m0/s1. The van der Waals surface area contributed by atoms with Crippen LogP contribution >= 0.6 is 11.8 Å². The van der Waals surface area contributed by atoms with E-state index in [1.54, 1.807) is 13.4 Å². The number of ketones is 1. The first-order valence-electron chi connectivity index (χ1n) is 7.88. The van der Waals surface area contributed by atoms with E-state index in [-0.39, 0.29) is 11.0 Å². The molecule has 0 unspecified atom stereocenters. The summed E-state index contributed by atoms with van der Waals surface area (Å²) in [4.78, 5) is 12.7. The van der Waals surface area contributed by atoms with Gasteiger partial charge in [0.25, 0.3) is 0 Å². The first-order chi connectivity index (χ1) is 11.2. The number of benzene rings is 1. The molecule has 1 aliphatic rings. The Bertz CT molecular complexity index is 699. The fraction of sp³-hybridized carbons (Fsp3) is 0.471. The van der Waals surface area contributed by atoms with E-state index in [9.17, 15) is 4.79 Å². The Labute approximate surface area is 140 Å². The molecule has 0 bridgehead atoms. The molecule has 0 aliphatic heterocycles. The van der Waals surface area contributed by atoms with Gasteiger partial charge in [0.1, 0.15) is 6.33 Å². The highest BCUT2D eigenvalue weighted by Gasteiger charge is 2.21. The molecule has 0 fully saturated rings. The van der Waals surface area contributed by atoms with Gasteiger partial charge in [-0.05, 0) is 43.4 Å². The van der Waals surface area contributed by atoms with E-state index in [1.165, 1.54) is 29.3 Å². The highest BCUT2D eigenvalue weighted by atomic mass is 32.2. The van der Waals surface area contributed by atoms with Crippen LogP contribution in [0.25, 0.3) is 0 Å². The van der Waals surface area contributed by atoms with Gasteiger partial charge in [0.2, 0.25) is 0 Å². The molecule has 1 aromatic heterocycles. The van der Waals surface area contributed by atoms with E-state index < -0.39 is 0 Å². The summed E-state index contributed by atoms with van der Waals surface area (Å²) >= 11 is 1.45. The van der Waals surface area contributed by atoms with E-state index in [4.69, 9.17) is 4.74 Å². The summed E-state index contributed by atoms with van der Waals surface area (Å²) in [5.41, 5.74) is 3.52. The van der Waals surface area contributed by atoms with Crippen LogP contribution < -0.4 is 0 Å². The number of Topliss-reactive ketones (excluding diaryl/α,β-unsaturated/α-hetero) is 1. The highest BCUT2D eigenvalue weighted by molar-refractivity contribution is 8.00. The Morgan fingerprint density at radius 3 is 3.04 bits per heavy atom. The molecule has 0 amide bonds. The van der Waals surface area contributed by atoms with Crippen LogP contribution in [0.5, 0.6) is 0 Å². The molecule has 6 heteroatoms. The Kier molecular flexibility index (Phi) is 5.13. The smallest absolute Gasteiger partial charge is 0.191 e. The van der Waals surface area contributed by atoms with Crippen LogP contribution in [-0.2, 0) is 24.1 Å². The number of methoxy groups -OCH3 is 1. The van der Waals surface area contributed by atoms with Crippen molar-refractivity contribution in [2.45, 2.75) is 43.1 Å². The SMILES string of the molecule is COCCn1cnnc1S[C@@H](C)C(=O)c1ccc2c(c1)CCC2. The van der Waals surface area contributed by atoms with Gasteiger partial charge in [0, 0.05) is 19.2 Å². The van der Waals surface area contributed by atoms with Gasteiger partial charge < -0.3 is 9.30 Å². The monoisotopic (exact) mass is 331 g/mol. The Balaban J connectivity index is 1.69. The minimum absolute atomic E-state index is 0.144. The summed E-state index contributed by atoms with van der Waals surface area (Å²) in [6, 6.07) is 6.13. The third kappa shape index (κ3) is 3.64. The third-order valence-corrected chi connectivity index (χ3v) is 5.25. The molecule has 23 heavy (non-hydrogen) atoms. The quantitative estimate of drug-likeness (QED) is 0.577. The van der Waals surface area contributed by atoms with Gasteiger partial charge in [-0.3, -0.25) is 4.79 Å². The Morgan fingerprint density at radius 1 is 1.39 bits per heavy atom. The molecule has 0 spiro atoms. The lowest BCUT2D eigenvalue weighted by Crippen LogP contribution is -2.15. The number of nitrogens with zero attached hydrogens (tertiary/aromatic N) is 3. The molecular weight excluding hydrogens is 310 g/mol. The molecule has 0 saturated heterocycles. The molecule has 1 aromatic carbocycles. The highest BCUT2D eigenvalue weighted by Crippen LogP contribution is 2.27. The van der Waals surface area contributed by atoms with Crippen molar-refractivity contribution in [2.75, 3.05) is 13.7 Å². The zero-order chi connectivity index (χ0) is 16.2. The van der Waals surface area contributed by atoms with Crippen molar-refractivity contribution in [3.05, 3.63) is 41.2 Å². The molecule has 1 atom stereocenters. The molecule has 1 aliphatic carbocycles. The summed E-state index contributed by atoms with van der Waals surface area (Å²) in [6.45, 7) is 3.21. The number of aromatic nitrogens is 3. The van der Waals surface area contributed by atoms with E-state index in [1.807, 2.05) is 17.6 Å². The number of carbonyl (C=O) groups excluding carboxylic acids is 1. The maximum Gasteiger partial charge on any atom is 0.191 e. The summed E-state index contributed by atoms with van der Waals surface area (Å²) in [7, 11) is 1.66. The van der Waals surface area contributed by atoms with Gasteiger partial charge in [0.15, 0.2) is 10.9 Å². The van der Waals surface area contributed by atoms with Crippen molar-refractivity contribution in [3.8, 4) is 0 Å². The minimum Gasteiger partial charge on any atom is -0.383 e. The minimum atomic E-state index is -0.194. The van der Waals surface area contributed by atoms with Gasteiger partial charge in [0.05, 0.1) is 11.9 Å². The first kappa shape index (κ1) is 16.2. The van der Waals surface area contributed by atoms with Gasteiger partial charge in [-0.2, -0.15) is 0 Å². The van der Waals surface area contributed by atoms with Crippen molar-refractivity contribution in [3.63, 3.8) is 0 Å². The zero-order valence-corrected chi connectivity index (χ0v) is 14.3. The number of hydrogen-bond acceptors (Lipinski definition) is 5. The lowest BCUT2D eigenvalue weighted by atomic mass is 10.0. The number of rotatable bonds is 7. The lowest BCUT2D eigenvalue weighted by Gasteiger charge is -2.12. The van der Waals surface area contributed by atoms with Crippen LogP contribution in [0.1, 0.15) is 34.8 Å². The molecule has 122 valence electrons. The molecule has 5 nitrogen and oxygen atoms in total. The number of fused-ring (bicyclic) bond motifs is 1. The van der Waals surface area contributed by atoms with E-state index in [0.29, 0.717) is 13.2 Å². The first-order valence-corrected chi connectivity index (χ1v) is 8.76. The zero-order valence-electron chi connectivity index (χ0n) is 13.5. The van der Waals surface area contributed by atoms with Crippen LogP contribution in [0.4, 0.5) is 0 Å². The van der Waals surface area contributed by atoms with Crippen molar-refractivity contribution < 1.29 is 9.53 Å². The van der Waals surface area contributed by atoms with E-state index in [2.05, 4.69) is 22.3 Å².